The minimum atomic E-state index is 0.486. The van der Waals surface area contributed by atoms with Crippen LogP contribution < -0.4 is 5.32 Å². The van der Waals surface area contributed by atoms with Crippen LogP contribution in [-0.4, -0.2) is 26.3 Å². The summed E-state index contributed by atoms with van der Waals surface area (Å²) in [7, 11) is 1.89. The molecule has 1 aliphatic heterocycles. The van der Waals surface area contributed by atoms with Crippen molar-refractivity contribution in [1.82, 2.24) is 5.32 Å². The second kappa shape index (κ2) is 6.28. The van der Waals surface area contributed by atoms with E-state index in [1.165, 1.54) is 57.2 Å². The minimum Gasteiger partial charge on any atom is -0.381 e. The normalized spacial score (nSPS) is 34.2. The van der Waals surface area contributed by atoms with Gasteiger partial charge in [0.15, 0.2) is 0 Å². The Bertz CT molecular complexity index is 415. The summed E-state index contributed by atoms with van der Waals surface area (Å²) in [5, 5.41) is 3.62. The average Bonchev–Trinajstić information content (AvgIpc) is 2.51. The number of hydrogen-bond acceptors (Lipinski definition) is 2. The first-order valence-corrected chi connectivity index (χ1v) is 8.10. The highest BCUT2D eigenvalue weighted by molar-refractivity contribution is 5.16. The molecule has 1 aromatic carbocycles. The predicted molar refractivity (Wildman–Crippen MR) is 82.8 cm³/mol. The van der Waals surface area contributed by atoms with E-state index in [0.717, 1.165) is 5.92 Å². The van der Waals surface area contributed by atoms with Gasteiger partial charge in [0.1, 0.15) is 0 Å². The van der Waals surface area contributed by atoms with Crippen LogP contribution in [0.15, 0.2) is 30.3 Å². The Hall–Kier alpha value is -0.860. The van der Waals surface area contributed by atoms with Gasteiger partial charge in [0.2, 0.25) is 0 Å². The highest BCUT2D eigenvalue weighted by Crippen LogP contribution is 2.48. The summed E-state index contributed by atoms with van der Waals surface area (Å²) in [6.45, 7) is 2.35. The van der Waals surface area contributed by atoms with Crippen molar-refractivity contribution in [2.45, 2.75) is 44.6 Å². The Morgan fingerprint density at radius 3 is 2.90 bits per heavy atom. The summed E-state index contributed by atoms with van der Waals surface area (Å²) < 4.78 is 5.70. The van der Waals surface area contributed by atoms with E-state index in [0.29, 0.717) is 11.5 Å². The molecule has 1 N–H and O–H groups in total. The van der Waals surface area contributed by atoms with Crippen molar-refractivity contribution in [2.24, 2.45) is 11.3 Å². The van der Waals surface area contributed by atoms with Crippen molar-refractivity contribution in [3.05, 3.63) is 35.9 Å². The first kappa shape index (κ1) is 14.1. The van der Waals surface area contributed by atoms with Crippen molar-refractivity contribution in [3.63, 3.8) is 0 Å². The van der Waals surface area contributed by atoms with E-state index in [1.54, 1.807) is 0 Å². The van der Waals surface area contributed by atoms with Gasteiger partial charge in [-0.2, -0.15) is 0 Å². The molecule has 1 spiro atoms. The number of piperidine rings is 1. The second-order valence-electron chi connectivity index (χ2n) is 6.66. The van der Waals surface area contributed by atoms with Gasteiger partial charge in [0.25, 0.3) is 0 Å². The van der Waals surface area contributed by atoms with Crippen molar-refractivity contribution >= 4 is 0 Å². The maximum Gasteiger partial charge on any atom is 0.0576 e. The summed E-state index contributed by atoms with van der Waals surface area (Å²) in [4.78, 5) is 0. The maximum absolute atomic E-state index is 5.70. The highest BCUT2D eigenvalue weighted by Gasteiger charge is 2.43. The lowest BCUT2D eigenvalue weighted by Gasteiger charge is -2.49. The molecule has 3 rings (SSSR count). The quantitative estimate of drug-likeness (QED) is 0.911. The third kappa shape index (κ3) is 2.91. The van der Waals surface area contributed by atoms with E-state index in [-0.39, 0.29) is 0 Å². The van der Waals surface area contributed by atoms with Crippen LogP contribution in [0, 0.1) is 11.3 Å². The minimum absolute atomic E-state index is 0.486. The SMILES string of the molecule is COC1CCCC2(CCNCC2Cc2ccccc2)C1. The van der Waals surface area contributed by atoms with Gasteiger partial charge in [-0.3, -0.25) is 0 Å². The standard InChI is InChI=1S/C18H27NO/c1-20-17-8-5-9-18(13-17)10-11-19-14-16(18)12-15-6-3-2-4-7-15/h2-4,6-7,16-17,19H,5,8-14H2,1H3. The highest BCUT2D eigenvalue weighted by atomic mass is 16.5. The first-order valence-electron chi connectivity index (χ1n) is 8.10. The molecule has 0 amide bonds. The first-order chi connectivity index (χ1) is 9.82. The van der Waals surface area contributed by atoms with Crippen LogP contribution in [0.3, 0.4) is 0 Å². The second-order valence-corrected chi connectivity index (χ2v) is 6.66. The van der Waals surface area contributed by atoms with E-state index in [1.807, 2.05) is 7.11 Å². The summed E-state index contributed by atoms with van der Waals surface area (Å²) in [6.07, 6.45) is 8.27. The predicted octanol–water partition coefficient (Wildman–Crippen LogP) is 3.41. The third-order valence-corrected chi connectivity index (χ3v) is 5.55. The lowest BCUT2D eigenvalue weighted by atomic mass is 9.60. The molecular weight excluding hydrogens is 246 g/mol. The zero-order valence-corrected chi connectivity index (χ0v) is 12.6. The lowest BCUT2D eigenvalue weighted by molar-refractivity contribution is -0.0307. The molecule has 110 valence electrons. The summed E-state index contributed by atoms with van der Waals surface area (Å²) >= 11 is 0. The van der Waals surface area contributed by atoms with E-state index < -0.39 is 0 Å². The van der Waals surface area contributed by atoms with Crippen molar-refractivity contribution < 1.29 is 4.74 Å². The van der Waals surface area contributed by atoms with Crippen molar-refractivity contribution in [3.8, 4) is 0 Å². The van der Waals surface area contributed by atoms with Crippen LogP contribution in [0.25, 0.3) is 0 Å². The van der Waals surface area contributed by atoms with Gasteiger partial charge in [-0.15, -0.1) is 0 Å². The molecule has 0 radical (unpaired) electrons. The maximum atomic E-state index is 5.70. The molecular formula is C18H27NO. The monoisotopic (exact) mass is 273 g/mol. The Kier molecular flexibility index (Phi) is 4.42. The molecule has 1 saturated carbocycles. The Balaban J connectivity index is 1.76. The number of nitrogens with one attached hydrogen (secondary N) is 1. The molecule has 1 aromatic rings. The zero-order valence-electron chi connectivity index (χ0n) is 12.6. The van der Waals surface area contributed by atoms with Gasteiger partial charge in [-0.25, -0.2) is 0 Å². The average molecular weight is 273 g/mol. The van der Waals surface area contributed by atoms with Gasteiger partial charge in [-0.05, 0) is 62.1 Å². The number of ether oxygens (including phenoxy) is 1. The van der Waals surface area contributed by atoms with Crippen LogP contribution in [-0.2, 0) is 11.2 Å². The zero-order chi connectivity index (χ0) is 13.8. The number of hydrogen-bond donors (Lipinski definition) is 1. The van der Waals surface area contributed by atoms with E-state index in [4.69, 9.17) is 4.74 Å². The van der Waals surface area contributed by atoms with Crippen LogP contribution in [0.1, 0.15) is 37.7 Å². The van der Waals surface area contributed by atoms with E-state index >= 15 is 0 Å². The van der Waals surface area contributed by atoms with Crippen molar-refractivity contribution in [1.29, 1.82) is 0 Å². The molecule has 0 bridgehead atoms. The number of methoxy groups -OCH3 is 1. The molecule has 2 fully saturated rings. The lowest BCUT2D eigenvalue weighted by Crippen LogP contribution is -2.49. The van der Waals surface area contributed by atoms with Gasteiger partial charge in [0.05, 0.1) is 6.10 Å². The molecule has 20 heavy (non-hydrogen) atoms. The fraction of sp³-hybridized carbons (Fsp3) is 0.667. The van der Waals surface area contributed by atoms with Crippen LogP contribution in [0.2, 0.25) is 0 Å². The molecule has 2 heteroatoms. The summed E-state index contributed by atoms with van der Waals surface area (Å²) in [6, 6.07) is 11.0. The summed E-state index contributed by atoms with van der Waals surface area (Å²) in [5.41, 5.74) is 2.00. The molecule has 1 heterocycles. The Labute approximate surface area is 122 Å². The van der Waals surface area contributed by atoms with Crippen LogP contribution >= 0.6 is 0 Å². The third-order valence-electron chi connectivity index (χ3n) is 5.55. The van der Waals surface area contributed by atoms with Crippen molar-refractivity contribution in [2.75, 3.05) is 20.2 Å². The summed E-state index contributed by atoms with van der Waals surface area (Å²) in [5.74, 6) is 0.761. The molecule has 1 saturated heterocycles. The molecule has 2 nitrogen and oxygen atoms in total. The van der Waals surface area contributed by atoms with Gasteiger partial charge in [-0.1, -0.05) is 36.8 Å². The molecule has 0 aromatic heterocycles. The fourth-order valence-corrected chi connectivity index (χ4v) is 4.36. The molecule has 3 unspecified atom stereocenters. The fourth-order valence-electron chi connectivity index (χ4n) is 4.36. The molecule has 2 aliphatic rings. The van der Waals surface area contributed by atoms with Gasteiger partial charge >= 0.3 is 0 Å². The number of rotatable bonds is 3. The Morgan fingerprint density at radius 1 is 1.25 bits per heavy atom. The van der Waals surface area contributed by atoms with Gasteiger partial charge in [0, 0.05) is 7.11 Å². The molecule has 3 atom stereocenters. The number of benzene rings is 1. The molecule has 1 aliphatic carbocycles. The Morgan fingerprint density at radius 2 is 2.10 bits per heavy atom. The topological polar surface area (TPSA) is 21.3 Å². The van der Waals surface area contributed by atoms with E-state index in [9.17, 15) is 0 Å². The van der Waals surface area contributed by atoms with Crippen LogP contribution in [0.4, 0.5) is 0 Å². The smallest absolute Gasteiger partial charge is 0.0576 e. The van der Waals surface area contributed by atoms with E-state index in [2.05, 4.69) is 35.6 Å². The van der Waals surface area contributed by atoms with Crippen LogP contribution in [0.5, 0.6) is 0 Å². The largest absolute Gasteiger partial charge is 0.381 e. The van der Waals surface area contributed by atoms with Gasteiger partial charge < -0.3 is 10.1 Å².